The Morgan fingerprint density at radius 3 is 2.18 bits per heavy atom. The number of hydrogen-bond acceptors (Lipinski definition) is 7. The molecule has 0 heterocycles. The van der Waals surface area contributed by atoms with Gasteiger partial charge in [-0.3, -0.25) is 0 Å². The Morgan fingerprint density at radius 1 is 0.959 bits per heavy atom. The van der Waals surface area contributed by atoms with Crippen LogP contribution in [0.25, 0.3) is 0 Å². The van der Waals surface area contributed by atoms with Crippen LogP contribution in [0.15, 0.2) is 82.6 Å². The van der Waals surface area contributed by atoms with Gasteiger partial charge in [0, 0.05) is 5.92 Å². The largest absolute Gasteiger partial charge is 0.416 e. The minimum atomic E-state index is -5.02. The van der Waals surface area contributed by atoms with Crippen LogP contribution in [0, 0.1) is 5.92 Å². The molecule has 1 aliphatic carbocycles. The van der Waals surface area contributed by atoms with Crippen molar-refractivity contribution in [3.8, 4) is 0 Å². The van der Waals surface area contributed by atoms with Gasteiger partial charge in [0.1, 0.15) is 0 Å². The summed E-state index contributed by atoms with van der Waals surface area (Å²) in [4.78, 5) is 5.27. The average Bonchev–Trinajstić information content (AvgIpc) is 3.06. The smallest absolute Gasteiger partial charge is 0.409 e. The van der Waals surface area contributed by atoms with Gasteiger partial charge in [0.2, 0.25) is 0 Å². The van der Waals surface area contributed by atoms with E-state index in [9.17, 15) is 31.4 Å². The first-order valence-corrected chi connectivity index (χ1v) is 16.1. The van der Waals surface area contributed by atoms with Crippen LogP contribution in [0.3, 0.4) is 0 Å². The van der Waals surface area contributed by atoms with Crippen LogP contribution in [0.1, 0.15) is 48.4 Å². The molecule has 2 aromatic carbocycles. The van der Waals surface area contributed by atoms with Crippen molar-refractivity contribution in [2.24, 2.45) is 22.0 Å². The lowest BCUT2D eigenvalue weighted by Crippen LogP contribution is -2.32. The molecule has 0 saturated carbocycles. The molecule has 5 N–H and O–H groups in total. The van der Waals surface area contributed by atoms with E-state index in [0.717, 1.165) is 5.56 Å². The van der Waals surface area contributed by atoms with Gasteiger partial charge in [-0.1, -0.05) is 65.8 Å². The summed E-state index contributed by atoms with van der Waals surface area (Å²) in [6, 6.07) is 10.5. The molecule has 4 unspecified atom stereocenters. The molecule has 0 bridgehead atoms. The van der Waals surface area contributed by atoms with Crippen molar-refractivity contribution in [2.45, 2.75) is 61.5 Å². The molecular weight excluding hydrogens is 701 g/mol. The molecule has 0 aromatic heterocycles. The summed E-state index contributed by atoms with van der Waals surface area (Å²) in [5, 5.41) is 29.2. The molecule has 0 aliphatic heterocycles. The van der Waals surface area contributed by atoms with E-state index in [-0.39, 0.29) is 29.8 Å². The Bertz CT molecular complexity index is 1460. The number of amidine groups is 1. The second-order valence-corrected chi connectivity index (χ2v) is 12.4. The lowest BCUT2D eigenvalue weighted by Gasteiger charge is -2.28. The number of ether oxygens (including phenoxy) is 1. The van der Waals surface area contributed by atoms with Crippen LogP contribution >= 0.6 is 23.2 Å². The predicted molar refractivity (Wildman–Crippen MR) is 176 cm³/mol. The molecule has 0 amide bonds. The van der Waals surface area contributed by atoms with Gasteiger partial charge in [-0.15, -0.1) is 23.2 Å². The summed E-state index contributed by atoms with van der Waals surface area (Å²) < 4.78 is 86.0. The normalized spacial score (nSPS) is 19.3. The summed E-state index contributed by atoms with van der Waals surface area (Å²) in [7, 11) is 0. The first kappa shape index (κ1) is 40.1. The molecular formula is C33H38Cl2F6N4O4. The third-order valence-electron chi connectivity index (χ3n) is 7.84. The predicted octanol–water partition coefficient (Wildman–Crippen LogP) is 7.35. The van der Waals surface area contributed by atoms with Crippen molar-refractivity contribution in [2.75, 3.05) is 26.3 Å². The van der Waals surface area contributed by atoms with Crippen LogP contribution in [0.4, 0.5) is 26.3 Å². The first-order chi connectivity index (χ1) is 23.1. The van der Waals surface area contributed by atoms with Crippen molar-refractivity contribution in [1.82, 2.24) is 5.32 Å². The van der Waals surface area contributed by atoms with Gasteiger partial charge < -0.3 is 30.9 Å². The van der Waals surface area contributed by atoms with Crippen LogP contribution in [0.2, 0.25) is 0 Å². The van der Waals surface area contributed by atoms with Gasteiger partial charge in [-0.05, 0) is 67.3 Å². The van der Waals surface area contributed by atoms with Crippen LogP contribution < -0.4 is 11.1 Å². The third-order valence-corrected chi connectivity index (χ3v) is 8.79. The lowest BCUT2D eigenvalue weighted by atomic mass is 9.87. The number of aliphatic hydroxyl groups is 1. The lowest BCUT2D eigenvalue weighted by molar-refractivity contribution is -0.143. The van der Waals surface area contributed by atoms with E-state index < -0.39 is 59.0 Å². The van der Waals surface area contributed by atoms with Crippen LogP contribution in [0.5, 0.6) is 0 Å². The monoisotopic (exact) mass is 738 g/mol. The topological polar surface area (TPSA) is 122 Å². The zero-order chi connectivity index (χ0) is 36.2. The Morgan fingerprint density at radius 2 is 1.61 bits per heavy atom. The number of hydrogen-bond donors (Lipinski definition) is 4. The summed E-state index contributed by atoms with van der Waals surface area (Å²) in [6.07, 6.45) is -3.69. The van der Waals surface area contributed by atoms with Gasteiger partial charge >= 0.3 is 12.4 Å². The number of nitrogens with one attached hydrogen (secondary N) is 1. The molecule has 0 spiro atoms. The number of nitrogens with zero attached hydrogens (tertiary/aromatic N) is 2. The summed E-state index contributed by atoms with van der Waals surface area (Å²) >= 11 is 12.7. The molecule has 4 atom stereocenters. The molecule has 49 heavy (non-hydrogen) atoms. The highest BCUT2D eigenvalue weighted by molar-refractivity contribution is 6.32. The highest BCUT2D eigenvalue weighted by Crippen LogP contribution is 2.37. The molecule has 0 fully saturated rings. The molecule has 0 saturated heterocycles. The van der Waals surface area contributed by atoms with Crippen molar-refractivity contribution in [1.29, 1.82) is 0 Å². The number of oxime groups is 2. The van der Waals surface area contributed by atoms with Gasteiger partial charge in [0.05, 0.1) is 46.4 Å². The van der Waals surface area contributed by atoms with Gasteiger partial charge in [-0.25, -0.2) is 0 Å². The zero-order valence-corrected chi connectivity index (χ0v) is 28.0. The summed E-state index contributed by atoms with van der Waals surface area (Å²) in [5.74, 6) is -0.900. The molecule has 8 nitrogen and oxygen atoms in total. The van der Waals surface area contributed by atoms with Crippen LogP contribution in [-0.2, 0) is 34.1 Å². The number of halogens is 8. The van der Waals surface area contributed by atoms with Crippen molar-refractivity contribution in [3.63, 3.8) is 0 Å². The van der Waals surface area contributed by atoms with Gasteiger partial charge in [-0.2, -0.15) is 26.3 Å². The Balaban J connectivity index is 1.83. The van der Waals surface area contributed by atoms with Crippen molar-refractivity contribution < 1.29 is 46.2 Å². The maximum absolute atomic E-state index is 13.4. The summed E-state index contributed by atoms with van der Waals surface area (Å²) in [6.45, 7) is 1.26. The second-order valence-electron chi connectivity index (χ2n) is 11.4. The van der Waals surface area contributed by atoms with E-state index in [4.69, 9.17) is 43.7 Å². The molecule has 2 aromatic rings. The number of rotatable bonds is 17. The number of benzene rings is 2. The molecule has 3 rings (SSSR count). The first-order valence-electron chi connectivity index (χ1n) is 15.2. The molecule has 1 aliphatic rings. The fourth-order valence-corrected chi connectivity index (χ4v) is 5.49. The minimum Gasteiger partial charge on any atom is -0.409 e. The highest BCUT2D eigenvalue weighted by Gasteiger charge is 2.37. The maximum Gasteiger partial charge on any atom is 0.416 e. The van der Waals surface area contributed by atoms with E-state index in [1.54, 1.807) is 18.2 Å². The van der Waals surface area contributed by atoms with E-state index >= 15 is 0 Å². The highest BCUT2D eigenvalue weighted by atomic mass is 35.5. The Labute approximate surface area is 290 Å². The van der Waals surface area contributed by atoms with Crippen LogP contribution in [-0.4, -0.2) is 58.9 Å². The molecule has 270 valence electrons. The standard InChI is InChI=1S/C33H38Cl2F6N4O4/c1-2-31(46,23-6-4-3-5-7-23)11-13-43-12-10-26(22-8-9-27(34)28(35)16-22)29(45-49-20-30(42)44-47)19-48-18-21-14-24(32(36,37)38)17-25(15-21)33(39,40)41/h3-9,14-17,26-28,43,46-47H,2,10-13,18-20H2,1H3,(H2,42,44)/b45-29-. The molecule has 16 heteroatoms. The second kappa shape index (κ2) is 18.1. The van der Waals surface area contributed by atoms with Crippen molar-refractivity contribution >= 4 is 34.7 Å². The quantitative estimate of drug-likeness (QED) is 0.0256. The summed E-state index contributed by atoms with van der Waals surface area (Å²) in [5.41, 5.74) is 2.78. The Hall–Kier alpha value is -3.30. The van der Waals surface area contributed by atoms with Gasteiger partial charge in [0.25, 0.3) is 0 Å². The number of allylic oxidation sites excluding steroid dienone is 4. The fraction of sp³-hybridized carbons (Fsp3) is 0.455. The molecule has 0 radical (unpaired) electrons. The van der Waals surface area contributed by atoms with E-state index in [2.05, 4.69) is 15.6 Å². The van der Waals surface area contributed by atoms with Gasteiger partial charge in [0.15, 0.2) is 12.4 Å². The average molecular weight is 740 g/mol. The number of alkyl halides is 8. The third kappa shape index (κ3) is 12.2. The zero-order valence-electron chi connectivity index (χ0n) is 26.4. The fourth-order valence-electron chi connectivity index (χ4n) is 5.12. The van der Waals surface area contributed by atoms with E-state index in [1.165, 1.54) is 0 Å². The van der Waals surface area contributed by atoms with E-state index in [1.807, 2.05) is 37.3 Å². The minimum absolute atomic E-state index is 0.0379. The maximum atomic E-state index is 13.4. The number of nitrogens with two attached hydrogens (primary N) is 1. The Kier molecular flexibility index (Phi) is 14.8. The van der Waals surface area contributed by atoms with Crippen molar-refractivity contribution in [3.05, 3.63) is 94.6 Å². The van der Waals surface area contributed by atoms with E-state index in [0.29, 0.717) is 50.1 Å². The SMILES string of the molecule is CCC(O)(CCNCCC(C1=CC(Cl)C(Cl)C=C1)/C(COCc1cc(C(F)(F)F)cc(C(F)(F)F)c1)=N\OC/C(N)=N\O)c1ccccc1.